The number of ether oxygens (including phenoxy) is 1. The highest BCUT2D eigenvalue weighted by Gasteiger charge is 2.33. The molecule has 0 aliphatic carbocycles. The molecule has 0 spiro atoms. The van der Waals surface area contributed by atoms with Crippen molar-refractivity contribution in [2.45, 2.75) is 32.6 Å². The van der Waals surface area contributed by atoms with Crippen LogP contribution in [0.25, 0.3) is 0 Å². The van der Waals surface area contributed by atoms with Crippen molar-refractivity contribution in [2.75, 3.05) is 25.0 Å². The second-order valence-electron chi connectivity index (χ2n) is 7.16. The molecule has 2 aromatic carbocycles. The van der Waals surface area contributed by atoms with Gasteiger partial charge in [0.05, 0.1) is 5.69 Å². The van der Waals surface area contributed by atoms with Gasteiger partial charge in [0.25, 0.3) is 5.91 Å². The Labute approximate surface area is 177 Å². The molecule has 0 saturated carbocycles. The second kappa shape index (κ2) is 9.92. The van der Waals surface area contributed by atoms with Crippen LogP contribution in [0.4, 0.5) is 5.69 Å². The van der Waals surface area contributed by atoms with E-state index in [0.29, 0.717) is 41.2 Å². The number of nitrogens with one attached hydrogen (secondary N) is 1. The Balaban J connectivity index is 1.91. The summed E-state index contributed by atoms with van der Waals surface area (Å²) in [4.78, 5) is 13.1. The van der Waals surface area contributed by atoms with E-state index in [1.165, 1.54) is 5.01 Å². The van der Waals surface area contributed by atoms with Crippen LogP contribution in [0.2, 0.25) is 0 Å². The molecule has 1 aliphatic rings. The van der Waals surface area contributed by atoms with Gasteiger partial charge < -0.3 is 10.1 Å². The van der Waals surface area contributed by atoms with Crippen LogP contribution < -0.4 is 15.2 Å². The average molecular weight is 433 g/mol. The molecule has 0 aromatic heterocycles. The molecule has 1 amide bonds. The largest absolute Gasteiger partial charge is 0.455 e. The van der Waals surface area contributed by atoms with Crippen molar-refractivity contribution in [2.24, 2.45) is 5.14 Å². The monoisotopic (exact) mass is 432 g/mol. The number of rotatable bonds is 9. The summed E-state index contributed by atoms with van der Waals surface area (Å²) in [6.07, 6.45) is 3.58. The highest BCUT2D eigenvalue weighted by atomic mass is 32.2. The number of benzene rings is 2. The van der Waals surface area contributed by atoms with Crippen molar-refractivity contribution in [1.29, 1.82) is 0 Å². The third kappa shape index (κ3) is 5.50. The maximum Gasteiger partial charge on any atom is 0.315 e. The topological polar surface area (TPSA) is 105 Å². The van der Waals surface area contributed by atoms with Crippen molar-refractivity contribution >= 4 is 21.8 Å². The number of carbonyl (C=O) groups excluding carboxylic acids is 1. The third-order valence-electron chi connectivity index (χ3n) is 4.80. The summed E-state index contributed by atoms with van der Waals surface area (Å²) < 4.78 is 30.9. The van der Waals surface area contributed by atoms with Crippen molar-refractivity contribution in [1.82, 2.24) is 9.42 Å². The zero-order valence-electron chi connectivity index (χ0n) is 17.1. The number of nitrogens with zero attached hydrogens (tertiary/aromatic N) is 2. The first-order chi connectivity index (χ1) is 14.4. The predicted octanol–water partition coefficient (Wildman–Crippen LogP) is 3.35. The van der Waals surface area contributed by atoms with Gasteiger partial charge >= 0.3 is 10.2 Å². The van der Waals surface area contributed by atoms with Crippen molar-refractivity contribution in [3.8, 4) is 11.5 Å². The lowest BCUT2D eigenvalue weighted by Gasteiger charge is -2.28. The smallest absolute Gasteiger partial charge is 0.315 e. The van der Waals surface area contributed by atoms with Gasteiger partial charge in [-0.2, -0.15) is 8.42 Å². The van der Waals surface area contributed by atoms with E-state index < -0.39 is 16.1 Å². The molecule has 3 N–H and O–H groups in total. The highest BCUT2D eigenvalue weighted by Crippen LogP contribution is 2.31. The number of nitrogens with two attached hydrogens (primary N) is 1. The first kappa shape index (κ1) is 22.1. The van der Waals surface area contributed by atoms with Gasteiger partial charge in [-0.3, -0.25) is 4.79 Å². The number of amides is 1. The zero-order valence-corrected chi connectivity index (χ0v) is 17.9. The van der Waals surface area contributed by atoms with Crippen LogP contribution >= 0.6 is 0 Å². The minimum absolute atomic E-state index is 0.218. The van der Waals surface area contributed by atoms with Crippen molar-refractivity contribution < 1.29 is 17.9 Å². The fraction of sp³-hybridized carbons (Fsp3) is 0.381. The van der Waals surface area contributed by atoms with Crippen LogP contribution in [0, 0.1) is 0 Å². The van der Waals surface area contributed by atoms with Gasteiger partial charge in [0.2, 0.25) is 0 Å². The Morgan fingerprint density at radius 3 is 2.50 bits per heavy atom. The number of hydrogen-bond donors (Lipinski definition) is 2. The van der Waals surface area contributed by atoms with Gasteiger partial charge in [-0.15, -0.1) is 4.41 Å². The number of hydrazine groups is 1. The molecule has 0 atom stereocenters. The Morgan fingerprint density at radius 1 is 1.17 bits per heavy atom. The molecule has 0 bridgehead atoms. The summed E-state index contributed by atoms with van der Waals surface area (Å²) in [5.41, 5.74) is 0.837. The molecule has 30 heavy (non-hydrogen) atoms. The van der Waals surface area contributed by atoms with E-state index in [9.17, 15) is 13.2 Å². The Bertz CT molecular complexity index is 960. The van der Waals surface area contributed by atoms with E-state index >= 15 is 0 Å². The van der Waals surface area contributed by atoms with Gasteiger partial charge in [0, 0.05) is 25.2 Å². The maximum atomic E-state index is 13.1. The Morgan fingerprint density at radius 2 is 1.87 bits per heavy atom. The van der Waals surface area contributed by atoms with E-state index in [1.807, 2.05) is 30.3 Å². The standard InChI is InChI=1S/C21H28N4O4S/c1-2-3-13-23-19-16-17(11-12-20(19)29-18-9-5-4-6-10-18)21(26)25(30(22,27)28)24-14-7-8-15-24/h4-6,9-12,16,23H,2-3,7-8,13-15H2,1H3,(H2,22,27,28). The van der Waals surface area contributed by atoms with E-state index in [2.05, 4.69) is 12.2 Å². The molecule has 162 valence electrons. The highest BCUT2D eigenvalue weighted by molar-refractivity contribution is 7.87. The Kier molecular flexibility index (Phi) is 7.30. The summed E-state index contributed by atoms with van der Waals surface area (Å²) in [5.74, 6) is 0.541. The average Bonchev–Trinajstić information content (AvgIpc) is 3.23. The summed E-state index contributed by atoms with van der Waals surface area (Å²) >= 11 is 0. The molecule has 1 saturated heterocycles. The fourth-order valence-corrected chi connectivity index (χ4v) is 4.12. The van der Waals surface area contributed by atoms with Crippen LogP contribution in [0.1, 0.15) is 43.0 Å². The molecule has 9 heteroatoms. The summed E-state index contributed by atoms with van der Waals surface area (Å²) in [6.45, 7) is 3.73. The molecular weight excluding hydrogens is 404 g/mol. The molecule has 8 nitrogen and oxygen atoms in total. The first-order valence-corrected chi connectivity index (χ1v) is 11.6. The summed E-state index contributed by atoms with van der Waals surface area (Å²) in [6, 6.07) is 14.2. The van der Waals surface area contributed by atoms with Gasteiger partial charge in [-0.25, -0.2) is 10.1 Å². The number of unbranched alkanes of at least 4 members (excludes halogenated alkanes) is 1. The van der Waals surface area contributed by atoms with Gasteiger partial charge in [-0.1, -0.05) is 31.5 Å². The van der Waals surface area contributed by atoms with E-state index in [1.54, 1.807) is 18.2 Å². The number of hydrogen-bond acceptors (Lipinski definition) is 6. The van der Waals surface area contributed by atoms with Gasteiger partial charge in [0.1, 0.15) is 5.75 Å². The van der Waals surface area contributed by atoms with E-state index in [0.717, 1.165) is 25.7 Å². The fourth-order valence-electron chi connectivity index (χ4n) is 3.30. The zero-order chi connectivity index (χ0) is 21.6. The molecular formula is C21H28N4O4S. The third-order valence-corrected chi connectivity index (χ3v) is 5.68. The SMILES string of the molecule is CCCCNc1cc(C(=O)N(N2CCCC2)S(N)(=O)=O)ccc1Oc1ccccc1. The molecule has 0 radical (unpaired) electrons. The van der Waals surface area contributed by atoms with E-state index in [-0.39, 0.29) is 5.56 Å². The number of para-hydroxylation sites is 1. The lowest BCUT2D eigenvalue weighted by molar-refractivity contribution is 0.0487. The predicted molar refractivity (Wildman–Crippen MR) is 116 cm³/mol. The van der Waals surface area contributed by atoms with Gasteiger partial charge in [-0.05, 0) is 49.6 Å². The molecule has 1 heterocycles. The molecule has 3 rings (SSSR count). The van der Waals surface area contributed by atoms with E-state index in [4.69, 9.17) is 9.88 Å². The maximum absolute atomic E-state index is 13.1. The molecule has 0 unspecified atom stereocenters. The quantitative estimate of drug-likeness (QED) is 0.589. The molecule has 2 aromatic rings. The number of carbonyl (C=O) groups is 1. The number of anilines is 1. The first-order valence-electron chi connectivity index (χ1n) is 10.1. The molecule has 1 aliphatic heterocycles. The summed E-state index contributed by atoms with van der Waals surface area (Å²) in [7, 11) is -4.23. The lowest BCUT2D eigenvalue weighted by atomic mass is 10.1. The van der Waals surface area contributed by atoms with Crippen molar-refractivity contribution in [3.05, 3.63) is 54.1 Å². The van der Waals surface area contributed by atoms with Crippen LogP contribution in [0.15, 0.2) is 48.5 Å². The normalized spacial score (nSPS) is 14.5. The van der Waals surface area contributed by atoms with Crippen LogP contribution in [-0.2, 0) is 10.2 Å². The van der Waals surface area contributed by atoms with Gasteiger partial charge in [0.15, 0.2) is 5.75 Å². The lowest BCUT2D eigenvalue weighted by Crippen LogP contribution is -2.51. The second-order valence-corrected chi connectivity index (χ2v) is 8.54. The minimum atomic E-state index is -4.23. The molecule has 1 fully saturated rings. The summed E-state index contributed by atoms with van der Waals surface area (Å²) in [5, 5.41) is 10.1. The van der Waals surface area contributed by atoms with Crippen LogP contribution in [0.3, 0.4) is 0 Å². The van der Waals surface area contributed by atoms with Crippen molar-refractivity contribution in [3.63, 3.8) is 0 Å². The minimum Gasteiger partial charge on any atom is -0.455 e. The van der Waals surface area contributed by atoms with Crippen LogP contribution in [-0.4, -0.2) is 43.4 Å². The Hall–Kier alpha value is -2.62. The van der Waals surface area contributed by atoms with Crippen LogP contribution in [0.5, 0.6) is 11.5 Å².